The van der Waals surface area contributed by atoms with Crippen LogP contribution in [0.15, 0.2) is 23.2 Å². The summed E-state index contributed by atoms with van der Waals surface area (Å²) in [6.45, 7) is 5.61. The highest BCUT2D eigenvalue weighted by atomic mass is 19.1. The Bertz CT molecular complexity index is 499. The molecule has 1 aliphatic rings. The lowest BCUT2D eigenvalue weighted by atomic mass is 10.2. The van der Waals surface area contributed by atoms with E-state index in [0.29, 0.717) is 24.9 Å². The lowest BCUT2D eigenvalue weighted by molar-refractivity contribution is 0.321. The summed E-state index contributed by atoms with van der Waals surface area (Å²) < 4.78 is 19.0. The summed E-state index contributed by atoms with van der Waals surface area (Å²) in [5.41, 5.74) is 0.838. The van der Waals surface area contributed by atoms with E-state index in [1.807, 2.05) is 19.9 Å². The molecule has 0 aromatic heterocycles. The Morgan fingerprint density at radius 3 is 2.73 bits per heavy atom. The van der Waals surface area contributed by atoms with Gasteiger partial charge >= 0.3 is 0 Å². The lowest BCUT2D eigenvalue weighted by Gasteiger charge is -2.16. The zero-order valence-corrected chi connectivity index (χ0v) is 13.5. The van der Waals surface area contributed by atoms with Gasteiger partial charge in [0, 0.05) is 12.6 Å². The Hall–Kier alpha value is -1.78. The zero-order chi connectivity index (χ0) is 15.8. The monoisotopic (exact) mass is 307 g/mol. The van der Waals surface area contributed by atoms with E-state index in [-0.39, 0.29) is 5.82 Å². The maximum atomic E-state index is 13.8. The molecule has 1 aromatic rings. The normalized spacial score (nSPS) is 15.9. The molecule has 2 N–H and O–H groups in total. The molecule has 0 saturated heterocycles. The molecule has 0 unspecified atom stereocenters. The van der Waals surface area contributed by atoms with Crippen molar-refractivity contribution in [3.05, 3.63) is 29.6 Å². The number of ether oxygens (including phenoxy) is 1. The Morgan fingerprint density at radius 2 is 2.09 bits per heavy atom. The molecule has 0 heterocycles. The van der Waals surface area contributed by atoms with Crippen LogP contribution in [-0.4, -0.2) is 25.2 Å². The number of hydrogen-bond donors (Lipinski definition) is 2. The number of guanidine groups is 1. The van der Waals surface area contributed by atoms with Crippen molar-refractivity contribution in [3.8, 4) is 5.75 Å². The average molecular weight is 307 g/mol. The fourth-order valence-electron chi connectivity index (χ4n) is 2.67. The number of hydrogen-bond acceptors (Lipinski definition) is 2. The predicted molar refractivity (Wildman–Crippen MR) is 87.8 cm³/mol. The molecule has 2 rings (SSSR count). The molecular formula is C17H26FN3O. The number of benzene rings is 1. The van der Waals surface area contributed by atoms with Crippen LogP contribution in [0.1, 0.15) is 45.1 Å². The first-order chi connectivity index (χ1) is 10.7. The van der Waals surface area contributed by atoms with Gasteiger partial charge in [-0.15, -0.1) is 0 Å². The molecule has 4 nitrogen and oxygen atoms in total. The predicted octanol–water partition coefficient (Wildman–Crippen LogP) is 3.22. The van der Waals surface area contributed by atoms with Gasteiger partial charge in [0.1, 0.15) is 0 Å². The molecule has 0 spiro atoms. The number of nitrogens with one attached hydrogen (secondary N) is 2. The standard InChI is InChI=1S/C17H26FN3O/c1-3-19-17(21-14-7-5-6-8-14)20-12-13-9-10-16(22-4-2)15(18)11-13/h9-11,14H,3-8,12H2,1-2H3,(H2,19,20,21). The molecule has 0 radical (unpaired) electrons. The van der Waals surface area contributed by atoms with Gasteiger partial charge in [0.05, 0.1) is 13.2 Å². The van der Waals surface area contributed by atoms with E-state index in [4.69, 9.17) is 4.74 Å². The van der Waals surface area contributed by atoms with Crippen LogP contribution in [0.4, 0.5) is 4.39 Å². The second-order valence-corrected chi connectivity index (χ2v) is 5.52. The fraction of sp³-hybridized carbons (Fsp3) is 0.588. The molecule has 1 aromatic carbocycles. The molecule has 0 aliphatic heterocycles. The van der Waals surface area contributed by atoms with Gasteiger partial charge in [0.25, 0.3) is 0 Å². The van der Waals surface area contributed by atoms with Gasteiger partial charge in [-0.3, -0.25) is 0 Å². The van der Waals surface area contributed by atoms with Crippen LogP contribution < -0.4 is 15.4 Å². The Kier molecular flexibility index (Phi) is 6.49. The molecule has 122 valence electrons. The van der Waals surface area contributed by atoms with Crippen LogP contribution in [0.5, 0.6) is 5.75 Å². The summed E-state index contributed by atoms with van der Waals surface area (Å²) in [7, 11) is 0. The zero-order valence-electron chi connectivity index (χ0n) is 13.5. The van der Waals surface area contributed by atoms with Crippen molar-refractivity contribution in [2.75, 3.05) is 13.2 Å². The van der Waals surface area contributed by atoms with Crippen LogP contribution in [0.25, 0.3) is 0 Å². The summed E-state index contributed by atoms with van der Waals surface area (Å²) in [6, 6.07) is 5.53. The molecule has 5 heteroatoms. The number of aliphatic imine (C=N–C) groups is 1. The number of nitrogens with zero attached hydrogens (tertiary/aromatic N) is 1. The fourth-order valence-corrected chi connectivity index (χ4v) is 2.67. The minimum atomic E-state index is -0.330. The molecule has 22 heavy (non-hydrogen) atoms. The SMILES string of the molecule is CCNC(=NCc1ccc(OCC)c(F)c1)NC1CCCC1. The van der Waals surface area contributed by atoms with E-state index in [9.17, 15) is 4.39 Å². The quantitative estimate of drug-likeness (QED) is 0.626. The maximum Gasteiger partial charge on any atom is 0.191 e. The third-order valence-corrected chi connectivity index (χ3v) is 3.76. The van der Waals surface area contributed by atoms with Gasteiger partial charge in [0.15, 0.2) is 17.5 Å². The second-order valence-electron chi connectivity index (χ2n) is 5.52. The molecule has 0 amide bonds. The van der Waals surface area contributed by atoms with Crippen LogP contribution >= 0.6 is 0 Å². The Balaban J connectivity index is 1.98. The number of halogens is 1. The van der Waals surface area contributed by atoms with E-state index >= 15 is 0 Å². The summed E-state index contributed by atoms with van der Waals surface area (Å²) in [5.74, 6) is 0.776. The highest BCUT2D eigenvalue weighted by molar-refractivity contribution is 5.80. The molecule has 0 bridgehead atoms. The van der Waals surface area contributed by atoms with Gasteiger partial charge in [-0.25, -0.2) is 9.38 Å². The highest BCUT2D eigenvalue weighted by Gasteiger charge is 2.15. The summed E-state index contributed by atoms with van der Waals surface area (Å²) in [6.07, 6.45) is 4.95. The lowest BCUT2D eigenvalue weighted by Crippen LogP contribution is -2.42. The Morgan fingerprint density at radius 1 is 1.32 bits per heavy atom. The van der Waals surface area contributed by atoms with Crippen molar-refractivity contribution in [2.45, 2.75) is 52.1 Å². The van der Waals surface area contributed by atoms with E-state index in [1.54, 1.807) is 6.07 Å². The summed E-state index contributed by atoms with van der Waals surface area (Å²) in [4.78, 5) is 4.55. The van der Waals surface area contributed by atoms with Crippen LogP contribution in [0.2, 0.25) is 0 Å². The summed E-state index contributed by atoms with van der Waals surface area (Å²) in [5, 5.41) is 6.70. The molecule has 0 atom stereocenters. The third-order valence-electron chi connectivity index (χ3n) is 3.76. The first-order valence-corrected chi connectivity index (χ1v) is 8.19. The maximum absolute atomic E-state index is 13.8. The van der Waals surface area contributed by atoms with Crippen molar-refractivity contribution in [2.24, 2.45) is 4.99 Å². The van der Waals surface area contributed by atoms with Gasteiger partial charge in [-0.05, 0) is 44.4 Å². The van der Waals surface area contributed by atoms with Gasteiger partial charge < -0.3 is 15.4 Å². The van der Waals surface area contributed by atoms with Crippen LogP contribution in [0.3, 0.4) is 0 Å². The average Bonchev–Trinajstić information content (AvgIpc) is 3.01. The van der Waals surface area contributed by atoms with Crippen molar-refractivity contribution in [1.82, 2.24) is 10.6 Å². The smallest absolute Gasteiger partial charge is 0.191 e. The minimum absolute atomic E-state index is 0.297. The third kappa shape index (κ3) is 4.90. The minimum Gasteiger partial charge on any atom is -0.491 e. The van der Waals surface area contributed by atoms with E-state index in [1.165, 1.54) is 31.7 Å². The topological polar surface area (TPSA) is 45.7 Å². The second kappa shape index (κ2) is 8.61. The van der Waals surface area contributed by atoms with Crippen molar-refractivity contribution >= 4 is 5.96 Å². The van der Waals surface area contributed by atoms with Crippen molar-refractivity contribution in [3.63, 3.8) is 0 Å². The first-order valence-electron chi connectivity index (χ1n) is 8.19. The summed E-state index contributed by atoms with van der Waals surface area (Å²) >= 11 is 0. The number of rotatable bonds is 6. The molecule has 1 saturated carbocycles. The Labute approximate surface area is 132 Å². The van der Waals surface area contributed by atoms with Gasteiger partial charge in [-0.1, -0.05) is 18.9 Å². The van der Waals surface area contributed by atoms with Crippen LogP contribution in [-0.2, 0) is 6.54 Å². The highest BCUT2D eigenvalue weighted by Crippen LogP contribution is 2.19. The van der Waals surface area contributed by atoms with Gasteiger partial charge in [-0.2, -0.15) is 0 Å². The molecule has 1 aliphatic carbocycles. The largest absolute Gasteiger partial charge is 0.491 e. The van der Waals surface area contributed by atoms with Crippen LogP contribution in [0, 0.1) is 5.82 Å². The van der Waals surface area contributed by atoms with Crippen molar-refractivity contribution in [1.29, 1.82) is 0 Å². The first kappa shape index (κ1) is 16.6. The van der Waals surface area contributed by atoms with E-state index in [2.05, 4.69) is 15.6 Å². The molecule has 1 fully saturated rings. The van der Waals surface area contributed by atoms with E-state index in [0.717, 1.165) is 18.1 Å². The van der Waals surface area contributed by atoms with Gasteiger partial charge in [0.2, 0.25) is 0 Å². The van der Waals surface area contributed by atoms with Crippen molar-refractivity contribution < 1.29 is 9.13 Å². The van der Waals surface area contributed by atoms with E-state index < -0.39 is 0 Å². The molecular weight excluding hydrogens is 281 g/mol.